The third-order valence-corrected chi connectivity index (χ3v) is 4.71. The first-order valence-corrected chi connectivity index (χ1v) is 8.01. The van der Waals surface area contributed by atoms with Crippen molar-refractivity contribution in [1.82, 2.24) is 4.90 Å². The van der Waals surface area contributed by atoms with Crippen LogP contribution in [-0.4, -0.2) is 36.5 Å². The molecule has 0 radical (unpaired) electrons. The van der Waals surface area contributed by atoms with Crippen LogP contribution in [0.3, 0.4) is 0 Å². The second-order valence-electron chi connectivity index (χ2n) is 5.78. The number of hydrogen-bond donors (Lipinski definition) is 1. The third kappa shape index (κ3) is 3.31. The molecule has 6 heteroatoms. The van der Waals surface area contributed by atoms with Crippen LogP contribution in [-0.2, 0) is 4.79 Å². The Kier molecular flexibility index (Phi) is 5.53. The van der Waals surface area contributed by atoms with Crippen molar-refractivity contribution in [3.8, 4) is 5.75 Å². The van der Waals surface area contributed by atoms with E-state index in [1.807, 2.05) is 29.2 Å². The first kappa shape index (κ1) is 17.3. The topological polar surface area (TPSA) is 55.6 Å². The van der Waals surface area contributed by atoms with Gasteiger partial charge in [0, 0.05) is 22.6 Å². The molecule has 0 saturated carbocycles. The Morgan fingerprint density at radius 2 is 2.27 bits per heavy atom. The fourth-order valence-electron chi connectivity index (χ4n) is 3.05. The molecule has 4 nitrogen and oxygen atoms in total. The maximum atomic E-state index is 12.7. The molecule has 22 heavy (non-hydrogen) atoms. The fourth-order valence-corrected chi connectivity index (χ4v) is 3.43. The van der Waals surface area contributed by atoms with E-state index in [1.54, 1.807) is 0 Å². The predicted molar refractivity (Wildman–Crippen MR) is 93.2 cm³/mol. The highest BCUT2D eigenvalue weighted by atomic mass is 79.9. The third-order valence-electron chi connectivity index (χ3n) is 4.22. The van der Waals surface area contributed by atoms with E-state index >= 15 is 0 Å². The molecule has 2 unspecified atom stereocenters. The summed E-state index contributed by atoms with van der Waals surface area (Å²) in [6.45, 7) is 3.81. The lowest BCUT2D eigenvalue weighted by Crippen LogP contribution is -2.37. The van der Waals surface area contributed by atoms with Crippen molar-refractivity contribution >= 4 is 40.3 Å². The highest BCUT2D eigenvalue weighted by molar-refractivity contribution is 9.10. The SMILES string of the molecule is CC1CC(CN)CN1C(=O)C1=Cc2cc(Br)ccc2OC1.Cl. The van der Waals surface area contributed by atoms with Gasteiger partial charge in [-0.1, -0.05) is 15.9 Å². The number of carbonyl (C=O) groups is 1. The Balaban J connectivity index is 0.00000176. The van der Waals surface area contributed by atoms with E-state index in [2.05, 4.69) is 22.9 Å². The van der Waals surface area contributed by atoms with Gasteiger partial charge >= 0.3 is 0 Å². The summed E-state index contributed by atoms with van der Waals surface area (Å²) in [6.07, 6.45) is 2.92. The van der Waals surface area contributed by atoms with Crippen molar-refractivity contribution in [3.63, 3.8) is 0 Å². The van der Waals surface area contributed by atoms with Gasteiger partial charge in [-0.05, 0) is 50.1 Å². The van der Waals surface area contributed by atoms with Gasteiger partial charge < -0.3 is 15.4 Å². The lowest BCUT2D eigenvalue weighted by atomic mass is 10.1. The Labute approximate surface area is 145 Å². The summed E-state index contributed by atoms with van der Waals surface area (Å²) >= 11 is 3.45. The van der Waals surface area contributed by atoms with Crippen molar-refractivity contribution in [1.29, 1.82) is 0 Å². The number of nitrogens with zero attached hydrogens (tertiary/aromatic N) is 1. The predicted octanol–water partition coefficient (Wildman–Crippen LogP) is 2.84. The molecule has 3 rings (SSSR count). The van der Waals surface area contributed by atoms with Crippen LogP contribution >= 0.6 is 28.3 Å². The molecule has 1 fully saturated rings. The molecule has 1 saturated heterocycles. The number of carbonyl (C=O) groups excluding carboxylic acids is 1. The quantitative estimate of drug-likeness (QED) is 0.849. The summed E-state index contributed by atoms with van der Waals surface area (Å²) in [5.74, 6) is 1.31. The highest BCUT2D eigenvalue weighted by Gasteiger charge is 2.33. The van der Waals surface area contributed by atoms with Gasteiger partial charge in [-0.15, -0.1) is 12.4 Å². The zero-order chi connectivity index (χ0) is 15.0. The van der Waals surface area contributed by atoms with E-state index < -0.39 is 0 Å². The van der Waals surface area contributed by atoms with Crippen LogP contribution in [0.5, 0.6) is 5.75 Å². The van der Waals surface area contributed by atoms with Crippen LogP contribution in [0.25, 0.3) is 6.08 Å². The summed E-state index contributed by atoms with van der Waals surface area (Å²) in [4.78, 5) is 14.6. The number of benzene rings is 1. The molecule has 0 aromatic heterocycles. The number of hydrogen-bond acceptors (Lipinski definition) is 3. The van der Waals surface area contributed by atoms with E-state index in [-0.39, 0.29) is 24.4 Å². The second kappa shape index (κ2) is 7.02. The van der Waals surface area contributed by atoms with Gasteiger partial charge in [-0.3, -0.25) is 4.79 Å². The number of ether oxygens (including phenoxy) is 1. The molecule has 0 aliphatic carbocycles. The van der Waals surface area contributed by atoms with Gasteiger partial charge in [-0.25, -0.2) is 0 Å². The van der Waals surface area contributed by atoms with Gasteiger partial charge in [0.1, 0.15) is 12.4 Å². The summed E-state index contributed by atoms with van der Waals surface area (Å²) in [7, 11) is 0. The van der Waals surface area contributed by atoms with E-state index in [4.69, 9.17) is 10.5 Å². The average molecular weight is 388 g/mol. The molecule has 1 amide bonds. The minimum absolute atomic E-state index is 0. The summed E-state index contributed by atoms with van der Waals surface area (Å²) in [5.41, 5.74) is 7.39. The molecular formula is C16H20BrClN2O2. The number of likely N-dealkylation sites (tertiary alicyclic amines) is 1. The zero-order valence-corrected chi connectivity index (χ0v) is 14.8. The monoisotopic (exact) mass is 386 g/mol. The maximum absolute atomic E-state index is 12.7. The molecule has 2 N–H and O–H groups in total. The van der Waals surface area contributed by atoms with Crippen LogP contribution < -0.4 is 10.5 Å². The minimum Gasteiger partial charge on any atom is -0.488 e. The van der Waals surface area contributed by atoms with Gasteiger partial charge in [0.25, 0.3) is 5.91 Å². The van der Waals surface area contributed by atoms with Crippen molar-refractivity contribution in [2.75, 3.05) is 19.7 Å². The van der Waals surface area contributed by atoms with E-state index in [9.17, 15) is 4.79 Å². The average Bonchev–Trinajstić information content (AvgIpc) is 2.87. The largest absolute Gasteiger partial charge is 0.488 e. The molecule has 0 spiro atoms. The molecule has 0 bridgehead atoms. The van der Waals surface area contributed by atoms with Crippen molar-refractivity contribution in [2.45, 2.75) is 19.4 Å². The van der Waals surface area contributed by atoms with Crippen molar-refractivity contribution < 1.29 is 9.53 Å². The van der Waals surface area contributed by atoms with Gasteiger partial charge in [-0.2, -0.15) is 0 Å². The van der Waals surface area contributed by atoms with Crippen molar-refractivity contribution in [3.05, 3.63) is 33.8 Å². The summed E-state index contributed by atoms with van der Waals surface area (Å²) in [5, 5.41) is 0. The fraction of sp³-hybridized carbons (Fsp3) is 0.438. The minimum atomic E-state index is 0. The number of fused-ring (bicyclic) bond motifs is 1. The van der Waals surface area contributed by atoms with Crippen LogP contribution in [0.4, 0.5) is 0 Å². The summed E-state index contributed by atoms with van der Waals surface area (Å²) < 4.78 is 6.68. The maximum Gasteiger partial charge on any atom is 0.253 e. The zero-order valence-electron chi connectivity index (χ0n) is 12.4. The molecule has 2 atom stereocenters. The highest BCUT2D eigenvalue weighted by Crippen LogP contribution is 2.31. The molecular weight excluding hydrogens is 368 g/mol. The van der Waals surface area contributed by atoms with E-state index in [0.29, 0.717) is 24.6 Å². The molecule has 2 aliphatic rings. The number of nitrogens with two attached hydrogens (primary N) is 1. The molecule has 120 valence electrons. The van der Waals surface area contributed by atoms with E-state index in [0.717, 1.165) is 28.8 Å². The van der Waals surface area contributed by atoms with Gasteiger partial charge in [0.05, 0.1) is 5.57 Å². The van der Waals surface area contributed by atoms with Crippen LogP contribution in [0.2, 0.25) is 0 Å². The van der Waals surface area contributed by atoms with Crippen LogP contribution in [0, 0.1) is 5.92 Å². The van der Waals surface area contributed by atoms with Crippen LogP contribution in [0.1, 0.15) is 18.9 Å². The standard InChI is InChI=1S/C16H19BrN2O2.ClH/c1-10-4-11(7-18)8-19(10)16(20)13-5-12-6-14(17)2-3-15(12)21-9-13;/h2-3,5-6,10-11H,4,7-9,18H2,1H3;1H. The van der Waals surface area contributed by atoms with E-state index in [1.165, 1.54) is 0 Å². The molecule has 1 aromatic carbocycles. The van der Waals surface area contributed by atoms with Crippen LogP contribution in [0.15, 0.2) is 28.2 Å². The summed E-state index contributed by atoms with van der Waals surface area (Å²) in [6, 6.07) is 6.07. The number of amides is 1. The van der Waals surface area contributed by atoms with Crippen molar-refractivity contribution in [2.24, 2.45) is 11.7 Å². The first-order chi connectivity index (χ1) is 10.1. The smallest absolute Gasteiger partial charge is 0.253 e. The lowest BCUT2D eigenvalue weighted by Gasteiger charge is -2.25. The normalized spacial score (nSPS) is 23.2. The number of rotatable bonds is 2. The Morgan fingerprint density at radius 3 is 2.95 bits per heavy atom. The van der Waals surface area contributed by atoms with Gasteiger partial charge in [0.15, 0.2) is 0 Å². The number of halogens is 2. The second-order valence-corrected chi connectivity index (χ2v) is 6.70. The Morgan fingerprint density at radius 1 is 1.50 bits per heavy atom. The molecule has 1 aromatic rings. The lowest BCUT2D eigenvalue weighted by molar-refractivity contribution is -0.128. The van der Waals surface area contributed by atoms with Gasteiger partial charge in [0.2, 0.25) is 0 Å². The molecule has 2 aliphatic heterocycles. The Bertz CT molecular complexity index is 606. The molecule has 2 heterocycles. The Hall–Kier alpha value is -1.04. The first-order valence-electron chi connectivity index (χ1n) is 7.22.